The Morgan fingerprint density at radius 2 is 1.90 bits per heavy atom. The number of amides is 1. The molecule has 0 saturated heterocycles. The van der Waals surface area contributed by atoms with Crippen LogP contribution in [0.25, 0.3) is 0 Å². The third-order valence-electron chi connectivity index (χ3n) is 2.81. The van der Waals surface area contributed by atoms with Crippen LogP contribution in [0.15, 0.2) is 53.0 Å². The molecule has 0 radical (unpaired) electrons. The van der Waals surface area contributed by atoms with Crippen molar-refractivity contribution in [1.29, 1.82) is 0 Å². The smallest absolute Gasteiger partial charge is 0.338 e. The van der Waals surface area contributed by atoms with E-state index in [0.29, 0.717) is 11.3 Å². The number of hydrogen-bond donors (Lipinski definition) is 1. The fraction of sp³-hybridized carbons (Fsp3) is 0.125. The Morgan fingerprint density at radius 3 is 2.62 bits per heavy atom. The average molecular weight is 348 g/mol. The molecule has 21 heavy (non-hydrogen) atoms. The van der Waals surface area contributed by atoms with Crippen LogP contribution in [0.2, 0.25) is 0 Å². The van der Waals surface area contributed by atoms with Gasteiger partial charge in [-0.05, 0) is 36.8 Å². The maximum absolute atomic E-state index is 11.8. The van der Waals surface area contributed by atoms with Gasteiger partial charge in [0.05, 0.1) is 5.56 Å². The summed E-state index contributed by atoms with van der Waals surface area (Å²) >= 11 is 3.28. The van der Waals surface area contributed by atoms with Gasteiger partial charge in [0.2, 0.25) is 0 Å². The van der Waals surface area contributed by atoms with E-state index in [9.17, 15) is 9.59 Å². The Morgan fingerprint density at radius 1 is 1.14 bits per heavy atom. The van der Waals surface area contributed by atoms with Gasteiger partial charge < -0.3 is 10.1 Å². The molecule has 0 unspecified atom stereocenters. The number of para-hydroxylation sites is 1. The Hall–Kier alpha value is -2.14. The number of anilines is 1. The second kappa shape index (κ2) is 7.04. The maximum atomic E-state index is 11.8. The summed E-state index contributed by atoms with van der Waals surface area (Å²) in [6.45, 7) is 1.57. The molecule has 5 heteroatoms. The fourth-order valence-corrected chi connectivity index (χ4v) is 2.13. The van der Waals surface area contributed by atoms with E-state index in [1.165, 1.54) is 0 Å². The molecule has 0 aliphatic carbocycles. The van der Waals surface area contributed by atoms with Crippen molar-refractivity contribution < 1.29 is 14.3 Å². The first-order chi connectivity index (χ1) is 10.1. The molecule has 0 aromatic heterocycles. The first kappa shape index (κ1) is 15.3. The molecule has 2 aromatic rings. The third kappa shape index (κ3) is 4.43. The van der Waals surface area contributed by atoms with E-state index in [0.717, 1.165) is 10.0 Å². The fourth-order valence-electron chi connectivity index (χ4n) is 1.73. The highest BCUT2D eigenvalue weighted by Crippen LogP contribution is 2.14. The highest BCUT2D eigenvalue weighted by Gasteiger charge is 2.11. The molecule has 2 aromatic carbocycles. The van der Waals surface area contributed by atoms with Crippen LogP contribution < -0.4 is 5.32 Å². The molecular formula is C16H14BrNO3. The van der Waals surface area contributed by atoms with Crippen LogP contribution >= 0.6 is 15.9 Å². The van der Waals surface area contributed by atoms with Gasteiger partial charge >= 0.3 is 5.97 Å². The van der Waals surface area contributed by atoms with Crippen molar-refractivity contribution in [3.63, 3.8) is 0 Å². The number of carbonyl (C=O) groups excluding carboxylic acids is 2. The molecule has 1 amide bonds. The van der Waals surface area contributed by atoms with Gasteiger partial charge in [-0.2, -0.15) is 0 Å². The van der Waals surface area contributed by atoms with Gasteiger partial charge in [-0.1, -0.05) is 40.2 Å². The molecule has 0 bridgehead atoms. The van der Waals surface area contributed by atoms with Crippen LogP contribution in [0.3, 0.4) is 0 Å². The Bertz CT molecular complexity index is 670. The Labute approximate surface area is 131 Å². The van der Waals surface area contributed by atoms with Crippen LogP contribution in [-0.4, -0.2) is 18.5 Å². The van der Waals surface area contributed by atoms with Crippen molar-refractivity contribution in [3.05, 3.63) is 64.1 Å². The molecule has 2 rings (SSSR count). The number of halogens is 1. The summed E-state index contributed by atoms with van der Waals surface area (Å²) in [7, 11) is 0. The lowest BCUT2D eigenvalue weighted by Gasteiger charge is -2.08. The van der Waals surface area contributed by atoms with E-state index in [1.807, 2.05) is 31.2 Å². The highest BCUT2D eigenvalue weighted by atomic mass is 79.9. The van der Waals surface area contributed by atoms with E-state index in [1.54, 1.807) is 24.3 Å². The monoisotopic (exact) mass is 347 g/mol. The molecule has 0 aliphatic rings. The summed E-state index contributed by atoms with van der Waals surface area (Å²) in [5.74, 6) is -0.899. The first-order valence-corrected chi connectivity index (χ1v) is 7.14. The topological polar surface area (TPSA) is 55.4 Å². The van der Waals surface area contributed by atoms with Crippen LogP contribution in [0.5, 0.6) is 0 Å². The summed E-state index contributed by atoms with van der Waals surface area (Å²) in [6, 6.07) is 14.2. The molecule has 0 atom stereocenters. The van der Waals surface area contributed by atoms with Gasteiger partial charge in [0, 0.05) is 10.2 Å². The van der Waals surface area contributed by atoms with Gasteiger partial charge in [-0.15, -0.1) is 0 Å². The van der Waals surface area contributed by atoms with Crippen LogP contribution in [-0.2, 0) is 9.53 Å². The van der Waals surface area contributed by atoms with Gasteiger partial charge in [0.15, 0.2) is 6.61 Å². The lowest BCUT2D eigenvalue weighted by Crippen LogP contribution is -2.21. The number of benzene rings is 2. The third-order valence-corrected chi connectivity index (χ3v) is 3.31. The SMILES string of the molecule is Cc1ccccc1NC(=O)COC(=O)c1cccc(Br)c1. The van der Waals surface area contributed by atoms with E-state index in [-0.39, 0.29) is 12.5 Å². The molecule has 0 spiro atoms. The Balaban J connectivity index is 1.90. The molecule has 1 N–H and O–H groups in total. The lowest BCUT2D eigenvalue weighted by atomic mass is 10.2. The lowest BCUT2D eigenvalue weighted by molar-refractivity contribution is -0.119. The molecule has 108 valence electrons. The molecule has 0 aliphatic heterocycles. The summed E-state index contributed by atoms with van der Waals surface area (Å²) in [6.07, 6.45) is 0. The standard InChI is InChI=1S/C16H14BrNO3/c1-11-5-2-3-8-14(11)18-15(19)10-21-16(20)12-6-4-7-13(17)9-12/h2-9H,10H2,1H3,(H,18,19). The molecule has 0 saturated carbocycles. The van der Waals surface area contributed by atoms with Crippen LogP contribution in [0.1, 0.15) is 15.9 Å². The van der Waals surface area contributed by atoms with Gasteiger partial charge in [-0.25, -0.2) is 4.79 Å². The summed E-state index contributed by atoms with van der Waals surface area (Å²) in [4.78, 5) is 23.6. The molecule has 4 nitrogen and oxygen atoms in total. The molecular weight excluding hydrogens is 334 g/mol. The first-order valence-electron chi connectivity index (χ1n) is 6.34. The van der Waals surface area contributed by atoms with Gasteiger partial charge in [0.25, 0.3) is 5.91 Å². The minimum absolute atomic E-state index is 0.320. The quantitative estimate of drug-likeness (QED) is 0.860. The Kier molecular flexibility index (Phi) is 5.11. The summed E-state index contributed by atoms with van der Waals surface area (Å²) < 4.78 is 5.76. The zero-order valence-electron chi connectivity index (χ0n) is 11.4. The minimum atomic E-state index is -0.531. The number of hydrogen-bond acceptors (Lipinski definition) is 3. The number of rotatable bonds is 4. The summed E-state index contributed by atoms with van der Waals surface area (Å²) in [5, 5.41) is 2.70. The second-order valence-electron chi connectivity index (χ2n) is 4.45. The van der Waals surface area contributed by atoms with Crippen LogP contribution in [0.4, 0.5) is 5.69 Å². The van der Waals surface area contributed by atoms with Crippen molar-refractivity contribution in [1.82, 2.24) is 0 Å². The maximum Gasteiger partial charge on any atom is 0.338 e. The molecule has 0 heterocycles. The van der Waals surface area contributed by atoms with Crippen molar-refractivity contribution in [2.45, 2.75) is 6.92 Å². The van der Waals surface area contributed by atoms with E-state index < -0.39 is 5.97 Å². The van der Waals surface area contributed by atoms with Crippen molar-refractivity contribution >= 4 is 33.5 Å². The van der Waals surface area contributed by atoms with Crippen molar-refractivity contribution in [2.24, 2.45) is 0 Å². The van der Waals surface area contributed by atoms with Gasteiger partial charge in [-0.3, -0.25) is 4.79 Å². The van der Waals surface area contributed by atoms with E-state index in [4.69, 9.17) is 4.74 Å². The number of aryl methyl sites for hydroxylation is 1. The van der Waals surface area contributed by atoms with Crippen molar-refractivity contribution in [2.75, 3.05) is 11.9 Å². The van der Waals surface area contributed by atoms with Crippen molar-refractivity contribution in [3.8, 4) is 0 Å². The molecule has 0 fully saturated rings. The predicted molar refractivity (Wildman–Crippen MR) is 84.2 cm³/mol. The number of esters is 1. The average Bonchev–Trinajstić information content (AvgIpc) is 2.47. The summed E-state index contributed by atoms with van der Waals surface area (Å²) in [5.41, 5.74) is 2.05. The second-order valence-corrected chi connectivity index (χ2v) is 5.37. The van der Waals surface area contributed by atoms with Gasteiger partial charge in [0.1, 0.15) is 0 Å². The number of carbonyl (C=O) groups is 2. The normalized spacial score (nSPS) is 10.0. The zero-order chi connectivity index (χ0) is 15.2. The van der Waals surface area contributed by atoms with E-state index >= 15 is 0 Å². The largest absolute Gasteiger partial charge is 0.452 e. The highest BCUT2D eigenvalue weighted by molar-refractivity contribution is 9.10. The predicted octanol–water partition coefficient (Wildman–Crippen LogP) is 3.55. The number of ether oxygens (including phenoxy) is 1. The van der Waals surface area contributed by atoms with E-state index in [2.05, 4.69) is 21.2 Å². The zero-order valence-corrected chi connectivity index (χ0v) is 13.0. The minimum Gasteiger partial charge on any atom is -0.452 e. The number of nitrogens with one attached hydrogen (secondary N) is 1. The van der Waals surface area contributed by atoms with Crippen LogP contribution in [0, 0.1) is 6.92 Å².